The molecule has 0 bridgehead atoms. The van der Waals surface area contributed by atoms with Gasteiger partial charge in [0, 0.05) is 60.5 Å². The van der Waals surface area contributed by atoms with Crippen LogP contribution in [0, 0.1) is 5.92 Å². The molecule has 4 aromatic heterocycles. The van der Waals surface area contributed by atoms with Crippen LogP contribution in [0.15, 0.2) is 36.9 Å². The molecule has 11 nitrogen and oxygen atoms in total. The van der Waals surface area contributed by atoms with Gasteiger partial charge in [-0.25, -0.2) is 19.2 Å². The zero-order valence-electron chi connectivity index (χ0n) is 21.3. The minimum Gasteiger partial charge on any atom is -0.443 e. The highest BCUT2D eigenvalue weighted by Gasteiger charge is 2.41. The van der Waals surface area contributed by atoms with Crippen molar-refractivity contribution in [1.82, 2.24) is 39.7 Å². The van der Waals surface area contributed by atoms with E-state index in [0.29, 0.717) is 36.2 Å². The lowest BCUT2D eigenvalue weighted by Crippen LogP contribution is -2.36. The Hall–Kier alpha value is -3.96. The number of carbonyl (C=O) groups is 1. The van der Waals surface area contributed by atoms with Gasteiger partial charge < -0.3 is 15.4 Å². The number of rotatable bonds is 8. The number of aromatic nitrogens is 7. The maximum Gasteiger partial charge on any atom is 0.407 e. The molecule has 1 amide bonds. The Kier molecular flexibility index (Phi) is 6.81. The molecular formula is C25H32FN9O2. The van der Waals surface area contributed by atoms with Gasteiger partial charge in [-0.3, -0.25) is 14.2 Å². The number of nitrogens with one attached hydrogen (secondary N) is 3. The number of nitrogens with zero attached hydrogens (tertiary/aromatic N) is 6. The fourth-order valence-electron chi connectivity index (χ4n) is 4.61. The second-order valence-electron chi connectivity index (χ2n) is 10.2. The Bertz CT molecular complexity index is 1380. The summed E-state index contributed by atoms with van der Waals surface area (Å²) < 4.78 is 24.2. The van der Waals surface area contributed by atoms with Gasteiger partial charge in [0.25, 0.3) is 0 Å². The molecule has 0 unspecified atom stereocenters. The second kappa shape index (κ2) is 10.2. The molecule has 0 saturated heterocycles. The third-order valence-corrected chi connectivity index (χ3v) is 6.27. The van der Waals surface area contributed by atoms with Crippen LogP contribution in [0.5, 0.6) is 0 Å². The summed E-state index contributed by atoms with van der Waals surface area (Å²) in [6.45, 7) is 8.75. The van der Waals surface area contributed by atoms with Gasteiger partial charge in [0.05, 0.1) is 11.9 Å². The summed E-state index contributed by atoms with van der Waals surface area (Å²) in [4.78, 5) is 21.1. The quantitative estimate of drug-likeness (QED) is 0.321. The number of ether oxygens (including phenoxy) is 1. The molecule has 1 fully saturated rings. The van der Waals surface area contributed by atoms with Gasteiger partial charge in [0.2, 0.25) is 5.95 Å². The lowest BCUT2D eigenvalue weighted by atomic mass is 10.0. The molecule has 0 radical (unpaired) electrons. The van der Waals surface area contributed by atoms with Gasteiger partial charge in [0.15, 0.2) is 5.82 Å². The molecule has 0 aromatic carbocycles. The highest BCUT2D eigenvalue weighted by molar-refractivity contribution is 5.68. The SMILES string of the molecule is CC(C)Cn1cc(-c2cc3nccn3c(Nc3cc([C@@H]4CC[C@H](OC(=O)NC(C)C)[C@@H]4F)[nH]n3)n2)cn1. The first-order valence-corrected chi connectivity index (χ1v) is 12.6. The van der Waals surface area contributed by atoms with Crippen LogP contribution in [0.3, 0.4) is 0 Å². The van der Waals surface area contributed by atoms with E-state index < -0.39 is 24.3 Å². The molecule has 3 N–H and O–H groups in total. The molecule has 12 heteroatoms. The van der Waals surface area contributed by atoms with E-state index in [0.717, 1.165) is 23.4 Å². The summed E-state index contributed by atoms with van der Waals surface area (Å²) in [5.74, 6) is 1.05. The van der Waals surface area contributed by atoms with E-state index in [-0.39, 0.29) is 6.04 Å². The van der Waals surface area contributed by atoms with Gasteiger partial charge in [-0.15, -0.1) is 0 Å². The van der Waals surface area contributed by atoms with Crippen LogP contribution in [0.1, 0.15) is 52.1 Å². The van der Waals surface area contributed by atoms with E-state index in [1.165, 1.54) is 0 Å². The number of imidazole rings is 1. The predicted molar refractivity (Wildman–Crippen MR) is 136 cm³/mol. The van der Waals surface area contributed by atoms with Gasteiger partial charge in [0.1, 0.15) is 17.9 Å². The first-order chi connectivity index (χ1) is 17.8. The summed E-state index contributed by atoms with van der Waals surface area (Å²) in [6, 6.07) is 3.60. The van der Waals surface area contributed by atoms with Crippen molar-refractivity contribution >= 4 is 23.5 Å². The zero-order chi connectivity index (χ0) is 26.1. The van der Waals surface area contributed by atoms with Gasteiger partial charge in [-0.1, -0.05) is 13.8 Å². The minimum atomic E-state index is -1.32. The van der Waals surface area contributed by atoms with E-state index in [9.17, 15) is 4.79 Å². The highest BCUT2D eigenvalue weighted by atomic mass is 19.1. The monoisotopic (exact) mass is 509 g/mol. The smallest absolute Gasteiger partial charge is 0.407 e. The molecule has 1 aliphatic rings. The lowest BCUT2D eigenvalue weighted by molar-refractivity contribution is 0.0555. The number of halogens is 1. The third-order valence-electron chi connectivity index (χ3n) is 6.27. The minimum absolute atomic E-state index is 0.0747. The number of alkyl carbamates (subject to hydrolysis) is 1. The normalized spacial score (nSPS) is 19.7. The maximum absolute atomic E-state index is 15.2. The zero-order valence-corrected chi connectivity index (χ0v) is 21.3. The van der Waals surface area contributed by atoms with Crippen LogP contribution < -0.4 is 10.6 Å². The molecule has 1 saturated carbocycles. The average molecular weight is 510 g/mol. The number of alkyl halides is 1. The molecule has 5 rings (SSSR count). The molecule has 0 aliphatic heterocycles. The van der Waals surface area contributed by atoms with Crippen molar-refractivity contribution in [3.8, 4) is 11.3 Å². The lowest BCUT2D eigenvalue weighted by Gasteiger charge is -2.18. The summed E-state index contributed by atoms with van der Waals surface area (Å²) in [6.07, 6.45) is 5.56. The molecule has 4 heterocycles. The predicted octanol–water partition coefficient (Wildman–Crippen LogP) is 4.43. The van der Waals surface area contributed by atoms with E-state index in [4.69, 9.17) is 9.72 Å². The molecule has 1 aliphatic carbocycles. The first-order valence-electron chi connectivity index (χ1n) is 12.6. The van der Waals surface area contributed by atoms with Crippen molar-refractivity contribution in [1.29, 1.82) is 0 Å². The Morgan fingerprint density at radius 2 is 2.11 bits per heavy atom. The fraction of sp³-hybridized carbons (Fsp3) is 0.480. The number of anilines is 2. The van der Waals surface area contributed by atoms with Crippen molar-refractivity contribution in [2.75, 3.05) is 5.32 Å². The molecular weight excluding hydrogens is 477 g/mol. The second-order valence-corrected chi connectivity index (χ2v) is 10.2. The number of hydrogen-bond donors (Lipinski definition) is 3. The largest absolute Gasteiger partial charge is 0.443 e. The van der Waals surface area contributed by atoms with Crippen LogP contribution in [0.2, 0.25) is 0 Å². The van der Waals surface area contributed by atoms with Crippen molar-refractivity contribution in [3.63, 3.8) is 0 Å². The summed E-state index contributed by atoms with van der Waals surface area (Å²) in [7, 11) is 0. The molecule has 196 valence electrons. The van der Waals surface area contributed by atoms with E-state index >= 15 is 4.39 Å². The van der Waals surface area contributed by atoms with Gasteiger partial charge in [-0.05, 0) is 32.6 Å². The maximum atomic E-state index is 15.2. The number of amides is 1. The standard InChI is InChI=1S/C25H32FN9O2/c1-14(2)12-34-13-16(11-28-34)18-10-22-27-7-8-35(22)24(30-18)31-21-9-19(32-33-21)17-5-6-20(23(17)26)37-25(36)29-15(3)4/h7-11,13-15,17,20,23H,5-6,12H2,1-4H3,(H,29,36)(H2,30,31,32,33)/t17-,20-,23+/m0/s1. The van der Waals surface area contributed by atoms with Crippen LogP contribution in [0.4, 0.5) is 21.0 Å². The number of carbonyl (C=O) groups excluding carboxylic acids is 1. The summed E-state index contributed by atoms with van der Waals surface area (Å²) in [5.41, 5.74) is 2.97. The van der Waals surface area contributed by atoms with Gasteiger partial charge >= 0.3 is 6.09 Å². The highest BCUT2D eigenvalue weighted by Crippen LogP contribution is 2.38. The van der Waals surface area contributed by atoms with Crippen molar-refractivity contribution in [2.45, 2.75) is 71.3 Å². The van der Waals surface area contributed by atoms with Gasteiger partial charge in [-0.2, -0.15) is 10.2 Å². The fourth-order valence-corrected chi connectivity index (χ4v) is 4.61. The molecule has 4 aromatic rings. The van der Waals surface area contributed by atoms with E-state index in [1.54, 1.807) is 18.5 Å². The average Bonchev–Trinajstić information content (AvgIpc) is 3.61. The Morgan fingerprint density at radius 1 is 1.27 bits per heavy atom. The number of aromatic amines is 1. The van der Waals surface area contributed by atoms with Crippen LogP contribution >= 0.6 is 0 Å². The number of fused-ring (bicyclic) bond motifs is 1. The van der Waals surface area contributed by atoms with E-state index in [2.05, 4.69) is 44.8 Å². The van der Waals surface area contributed by atoms with Crippen molar-refractivity contribution < 1.29 is 13.9 Å². The Labute approximate surface area is 213 Å². The first kappa shape index (κ1) is 24.7. The number of hydrogen-bond acceptors (Lipinski definition) is 7. The van der Waals surface area contributed by atoms with Crippen LogP contribution in [-0.2, 0) is 11.3 Å². The Balaban J connectivity index is 1.32. The topological polar surface area (TPSA) is 127 Å². The summed E-state index contributed by atoms with van der Waals surface area (Å²) >= 11 is 0. The third kappa shape index (κ3) is 5.42. The Morgan fingerprint density at radius 3 is 2.89 bits per heavy atom. The van der Waals surface area contributed by atoms with Crippen molar-refractivity contribution in [2.24, 2.45) is 5.92 Å². The summed E-state index contributed by atoms with van der Waals surface area (Å²) in [5, 5.41) is 17.6. The van der Waals surface area contributed by atoms with Crippen LogP contribution in [-0.4, -0.2) is 58.8 Å². The van der Waals surface area contributed by atoms with Crippen molar-refractivity contribution in [3.05, 3.63) is 42.6 Å². The number of H-pyrrole nitrogens is 1. The molecule has 3 atom stereocenters. The van der Waals surface area contributed by atoms with E-state index in [1.807, 2.05) is 41.4 Å². The van der Waals surface area contributed by atoms with Crippen LogP contribution in [0.25, 0.3) is 16.9 Å². The molecule has 37 heavy (non-hydrogen) atoms. The molecule has 0 spiro atoms.